The van der Waals surface area contributed by atoms with E-state index in [0.717, 1.165) is 5.56 Å². The normalized spacial score (nSPS) is 11.5. The largest absolute Gasteiger partial charge is 0.368 e. The summed E-state index contributed by atoms with van der Waals surface area (Å²) < 4.78 is 5.44. The zero-order valence-corrected chi connectivity index (χ0v) is 10.5. The predicted octanol–water partition coefficient (Wildman–Crippen LogP) is 2.92. The Morgan fingerprint density at radius 3 is 2.62 bits per heavy atom. The molecule has 2 nitrogen and oxygen atoms in total. The molecular weight excluding hydrogens is 200 g/mol. The molecule has 0 bridgehead atoms. The third-order valence-electron chi connectivity index (χ3n) is 2.62. The molecule has 0 amide bonds. The van der Waals surface area contributed by atoms with Gasteiger partial charge < -0.3 is 4.74 Å². The van der Waals surface area contributed by atoms with Crippen LogP contribution in [-0.4, -0.2) is 18.0 Å². The van der Waals surface area contributed by atoms with Gasteiger partial charge in [-0.05, 0) is 33.3 Å². The quantitative estimate of drug-likeness (QED) is 0.762. The van der Waals surface area contributed by atoms with E-state index in [1.165, 1.54) is 5.56 Å². The van der Waals surface area contributed by atoms with E-state index >= 15 is 0 Å². The molecule has 0 fully saturated rings. The first-order valence-corrected chi connectivity index (χ1v) is 5.68. The topological polar surface area (TPSA) is 26.3 Å². The summed E-state index contributed by atoms with van der Waals surface area (Å²) in [6.07, 6.45) is 0.439. The number of rotatable bonds is 5. The molecular formula is C14H20O2. The Labute approximate surface area is 97.6 Å². The van der Waals surface area contributed by atoms with E-state index in [2.05, 4.69) is 0 Å². The molecule has 1 rings (SSSR count). The molecule has 1 aromatic carbocycles. The molecule has 0 radical (unpaired) electrons. The van der Waals surface area contributed by atoms with Crippen molar-refractivity contribution >= 4 is 5.78 Å². The number of Topliss-reactive ketones (excluding diaryl/α,β-unsaturated/α-hetero) is 1. The van der Waals surface area contributed by atoms with Crippen LogP contribution in [0.25, 0.3) is 0 Å². The van der Waals surface area contributed by atoms with Crippen molar-refractivity contribution in [3.05, 3.63) is 35.4 Å². The van der Waals surface area contributed by atoms with Crippen molar-refractivity contribution in [2.24, 2.45) is 0 Å². The van der Waals surface area contributed by atoms with Gasteiger partial charge in [0.15, 0.2) is 5.78 Å². The molecule has 0 aliphatic heterocycles. The summed E-state index contributed by atoms with van der Waals surface area (Å²) in [6.45, 7) is 8.15. The molecule has 0 atom stereocenters. The summed E-state index contributed by atoms with van der Waals surface area (Å²) in [5.41, 5.74) is 1.55. The molecule has 0 aliphatic rings. The number of aryl methyl sites for hydroxylation is 1. The zero-order chi connectivity index (χ0) is 12.2. The Morgan fingerprint density at radius 1 is 1.38 bits per heavy atom. The standard InChI is InChI=1S/C14H20O2/c1-5-16-14(3,4)13(15)10-12-8-6-7-11(2)9-12/h6-9H,5,10H2,1-4H3. The fourth-order valence-corrected chi connectivity index (χ4v) is 1.66. The zero-order valence-electron chi connectivity index (χ0n) is 10.5. The van der Waals surface area contributed by atoms with Crippen LogP contribution in [0, 0.1) is 6.92 Å². The number of ether oxygens (including phenoxy) is 1. The molecule has 1 aromatic rings. The summed E-state index contributed by atoms with van der Waals surface area (Å²) >= 11 is 0. The molecule has 0 unspecified atom stereocenters. The minimum atomic E-state index is -0.682. The lowest BCUT2D eigenvalue weighted by molar-refractivity contribution is -0.139. The average molecular weight is 220 g/mol. The van der Waals surface area contributed by atoms with Gasteiger partial charge in [0.2, 0.25) is 0 Å². The van der Waals surface area contributed by atoms with Crippen molar-refractivity contribution in [1.82, 2.24) is 0 Å². The van der Waals surface area contributed by atoms with Gasteiger partial charge in [-0.1, -0.05) is 29.8 Å². The van der Waals surface area contributed by atoms with Gasteiger partial charge in [-0.25, -0.2) is 0 Å². The third kappa shape index (κ3) is 3.46. The lowest BCUT2D eigenvalue weighted by Gasteiger charge is -2.23. The van der Waals surface area contributed by atoms with E-state index in [9.17, 15) is 4.79 Å². The fourth-order valence-electron chi connectivity index (χ4n) is 1.66. The van der Waals surface area contributed by atoms with Crippen molar-refractivity contribution in [3.63, 3.8) is 0 Å². The van der Waals surface area contributed by atoms with E-state index in [0.29, 0.717) is 13.0 Å². The first kappa shape index (κ1) is 12.9. The Bertz CT molecular complexity index is 367. The minimum absolute atomic E-state index is 0.125. The van der Waals surface area contributed by atoms with Crippen LogP contribution in [-0.2, 0) is 16.0 Å². The summed E-state index contributed by atoms with van der Waals surface area (Å²) in [5.74, 6) is 0.125. The SMILES string of the molecule is CCOC(C)(C)C(=O)Cc1cccc(C)c1. The van der Waals surface area contributed by atoms with Crippen LogP contribution in [0.3, 0.4) is 0 Å². The molecule has 2 heteroatoms. The van der Waals surface area contributed by atoms with Crippen LogP contribution in [0.2, 0.25) is 0 Å². The van der Waals surface area contributed by atoms with Crippen LogP contribution < -0.4 is 0 Å². The maximum atomic E-state index is 12.0. The molecule has 0 aliphatic carbocycles. The Morgan fingerprint density at radius 2 is 2.06 bits per heavy atom. The number of benzene rings is 1. The van der Waals surface area contributed by atoms with Crippen LogP contribution in [0.15, 0.2) is 24.3 Å². The average Bonchev–Trinajstić information content (AvgIpc) is 2.17. The molecule has 0 N–H and O–H groups in total. The molecule has 0 saturated heterocycles. The maximum absolute atomic E-state index is 12.0. The number of hydrogen-bond donors (Lipinski definition) is 0. The smallest absolute Gasteiger partial charge is 0.168 e. The predicted molar refractivity (Wildman–Crippen MR) is 65.6 cm³/mol. The molecule has 0 spiro atoms. The lowest BCUT2D eigenvalue weighted by Crippen LogP contribution is -2.36. The van der Waals surface area contributed by atoms with Crippen molar-refractivity contribution < 1.29 is 9.53 Å². The highest BCUT2D eigenvalue weighted by molar-refractivity contribution is 5.88. The van der Waals surface area contributed by atoms with E-state index in [-0.39, 0.29) is 5.78 Å². The maximum Gasteiger partial charge on any atom is 0.168 e. The lowest BCUT2D eigenvalue weighted by atomic mass is 9.96. The van der Waals surface area contributed by atoms with E-state index in [1.807, 2.05) is 52.0 Å². The Kier molecular flexibility index (Phi) is 4.25. The van der Waals surface area contributed by atoms with Gasteiger partial charge in [0.05, 0.1) is 0 Å². The molecule has 0 heterocycles. The van der Waals surface area contributed by atoms with Gasteiger partial charge in [0.25, 0.3) is 0 Å². The van der Waals surface area contributed by atoms with Crippen molar-refractivity contribution in [1.29, 1.82) is 0 Å². The van der Waals surface area contributed by atoms with Gasteiger partial charge in [-0.2, -0.15) is 0 Å². The van der Waals surface area contributed by atoms with Crippen LogP contribution in [0.5, 0.6) is 0 Å². The highest BCUT2D eigenvalue weighted by Crippen LogP contribution is 2.15. The van der Waals surface area contributed by atoms with Gasteiger partial charge in [0, 0.05) is 13.0 Å². The third-order valence-corrected chi connectivity index (χ3v) is 2.62. The first-order chi connectivity index (χ1) is 7.45. The van der Waals surface area contributed by atoms with Crippen LogP contribution in [0.1, 0.15) is 31.9 Å². The second kappa shape index (κ2) is 5.26. The van der Waals surface area contributed by atoms with Gasteiger partial charge in [-0.15, -0.1) is 0 Å². The number of carbonyl (C=O) groups excluding carboxylic acids is 1. The van der Waals surface area contributed by atoms with E-state index in [1.54, 1.807) is 0 Å². The number of hydrogen-bond acceptors (Lipinski definition) is 2. The summed E-state index contributed by atoms with van der Waals surface area (Å²) in [7, 11) is 0. The summed E-state index contributed by atoms with van der Waals surface area (Å²) in [4.78, 5) is 12.0. The molecule has 0 aromatic heterocycles. The fraction of sp³-hybridized carbons (Fsp3) is 0.500. The molecule has 88 valence electrons. The second-order valence-corrected chi connectivity index (χ2v) is 4.53. The summed E-state index contributed by atoms with van der Waals surface area (Å²) in [6, 6.07) is 8.03. The monoisotopic (exact) mass is 220 g/mol. The second-order valence-electron chi connectivity index (χ2n) is 4.53. The minimum Gasteiger partial charge on any atom is -0.368 e. The van der Waals surface area contributed by atoms with Crippen molar-refractivity contribution in [2.75, 3.05) is 6.61 Å². The highest BCUT2D eigenvalue weighted by Gasteiger charge is 2.27. The highest BCUT2D eigenvalue weighted by atomic mass is 16.5. The number of ketones is 1. The van der Waals surface area contributed by atoms with E-state index < -0.39 is 5.60 Å². The van der Waals surface area contributed by atoms with Gasteiger partial charge >= 0.3 is 0 Å². The van der Waals surface area contributed by atoms with E-state index in [4.69, 9.17) is 4.74 Å². The van der Waals surface area contributed by atoms with Crippen molar-refractivity contribution in [2.45, 2.75) is 39.7 Å². The Balaban J connectivity index is 2.71. The summed E-state index contributed by atoms with van der Waals surface area (Å²) in [5, 5.41) is 0. The Hall–Kier alpha value is -1.15. The van der Waals surface area contributed by atoms with Crippen LogP contribution >= 0.6 is 0 Å². The van der Waals surface area contributed by atoms with Gasteiger partial charge in [0.1, 0.15) is 5.60 Å². The van der Waals surface area contributed by atoms with Crippen molar-refractivity contribution in [3.8, 4) is 0 Å². The molecule has 16 heavy (non-hydrogen) atoms. The van der Waals surface area contributed by atoms with Gasteiger partial charge in [-0.3, -0.25) is 4.79 Å². The number of carbonyl (C=O) groups is 1. The van der Waals surface area contributed by atoms with Crippen LogP contribution in [0.4, 0.5) is 0 Å². The molecule has 0 saturated carbocycles. The first-order valence-electron chi connectivity index (χ1n) is 5.68.